The van der Waals surface area contributed by atoms with E-state index in [1.54, 1.807) is 0 Å². The average Bonchev–Trinajstić information content (AvgIpc) is 2.90. The molecule has 2 nitrogen and oxygen atoms in total. The van der Waals surface area contributed by atoms with Gasteiger partial charge in [-0.2, -0.15) is 0 Å². The molecule has 0 amide bonds. The first kappa shape index (κ1) is 14.8. The highest BCUT2D eigenvalue weighted by atomic mass is 35.5. The number of aromatic nitrogens is 2. The Bertz CT molecular complexity index is 645. The lowest BCUT2D eigenvalue weighted by Crippen LogP contribution is -2.19. The Morgan fingerprint density at radius 1 is 1.24 bits per heavy atom. The smallest absolute Gasteiger partial charge is 0.184 e. The Morgan fingerprint density at radius 2 is 1.95 bits per heavy atom. The lowest BCUT2D eigenvalue weighted by atomic mass is 9.84. The summed E-state index contributed by atoms with van der Waals surface area (Å²) in [7, 11) is 0. The highest BCUT2D eigenvalue weighted by Crippen LogP contribution is 2.37. The first-order valence-corrected chi connectivity index (χ1v) is 8.09. The molecule has 0 bridgehead atoms. The first-order valence-electron chi connectivity index (χ1n) is 7.56. The largest absolute Gasteiger partial charge is 0.321 e. The summed E-state index contributed by atoms with van der Waals surface area (Å²) >= 11 is 5.97. The van der Waals surface area contributed by atoms with Crippen molar-refractivity contribution < 1.29 is 8.78 Å². The van der Waals surface area contributed by atoms with Gasteiger partial charge in [0.15, 0.2) is 11.6 Å². The molecule has 3 rings (SSSR count). The molecular weight excluding hydrogens is 294 g/mol. The Hall–Kier alpha value is -1.16. The molecule has 1 aromatic heterocycles. The lowest BCUT2D eigenvalue weighted by molar-refractivity contribution is 0.269. The average molecular weight is 313 g/mol. The number of imidazole rings is 1. The van der Waals surface area contributed by atoms with Gasteiger partial charge in [-0.05, 0) is 43.7 Å². The SMILES string of the molecule is CCC1CCC(n2c(CCl)nc3ccc(F)c(F)c32)CC1. The number of hydrogen-bond acceptors (Lipinski definition) is 1. The van der Waals surface area contributed by atoms with E-state index in [1.807, 2.05) is 4.57 Å². The van der Waals surface area contributed by atoms with Gasteiger partial charge in [-0.1, -0.05) is 13.3 Å². The number of nitrogens with zero attached hydrogens (tertiary/aromatic N) is 2. The molecule has 114 valence electrons. The monoisotopic (exact) mass is 312 g/mol. The summed E-state index contributed by atoms with van der Waals surface area (Å²) in [5, 5.41) is 0. The van der Waals surface area contributed by atoms with E-state index >= 15 is 0 Å². The fraction of sp³-hybridized carbons (Fsp3) is 0.562. The molecule has 21 heavy (non-hydrogen) atoms. The third-order valence-corrected chi connectivity index (χ3v) is 4.93. The molecule has 0 aliphatic heterocycles. The van der Waals surface area contributed by atoms with Crippen LogP contribution in [0.4, 0.5) is 8.78 Å². The Balaban J connectivity index is 2.06. The number of hydrogen-bond donors (Lipinski definition) is 0. The topological polar surface area (TPSA) is 17.8 Å². The lowest BCUT2D eigenvalue weighted by Gasteiger charge is -2.30. The minimum absolute atomic E-state index is 0.169. The quantitative estimate of drug-likeness (QED) is 0.713. The zero-order chi connectivity index (χ0) is 15.0. The van der Waals surface area contributed by atoms with E-state index in [4.69, 9.17) is 11.6 Å². The van der Waals surface area contributed by atoms with Crippen LogP contribution in [0.15, 0.2) is 12.1 Å². The van der Waals surface area contributed by atoms with Crippen molar-refractivity contribution in [1.29, 1.82) is 0 Å². The van der Waals surface area contributed by atoms with E-state index in [-0.39, 0.29) is 17.4 Å². The fourth-order valence-corrected chi connectivity index (χ4v) is 3.66. The van der Waals surface area contributed by atoms with Crippen molar-refractivity contribution in [3.8, 4) is 0 Å². The highest BCUT2D eigenvalue weighted by Gasteiger charge is 2.26. The number of fused-ring (bicyclic) bond motifs is 1. The zero-order valence-corrected chi connectivity index (χ0v) is 12.8. The van der Waals surface area contributed by atoms with E-state index in [1.165, 1.54) is 12.5 Å². The van der Waals surface area contributed by atoms with E-state index in [2.05, 4.69) is 11.9 Å². The molecule has 5 heteroatoms. The highest BCUT2D eigenvalue weighted by molar-refractivity contribution is 6.16. The van der Waals surface area contributed by atoms with Crippen LogP contribution in [0, 0.1) is 17.6 Å². The molecule has 0 spiro atoms. The molecule has 1 fully saturated rings. The summed E-state index contributed by atoms with van der Waals surface area (Å²) in [4.78, 5) is 4.37. The van der Waals surface area contributed by atoms with Crippen LogP contribution in [0.3, 0.4) is 0 Å². The van der Waals surface area contributed by atoms with Gasteiger partial charge in [0.2, 0.25) is 0 Å². The second-order valence-corrected chi connectivity index (χ2v) is 6.11. The van der Waals surface area contributed by atoms with Gasteiger partial charge < -0.3 is 4.57 Å². The van der Waals surface area contributed by atoms with Gasteiger partial charge in [0, 0.05) is 6.04 Å². The number of rotatable bonds is 3. The molecular formula is C16H19ClF2N2. The minimum atomic E-state index is -0.827. The van der Waals surface area contributed by atoms with E-state index in [0.717, 1.165) is 37.7 Å². The predicted molar refractivity (Wildman–Crippen MR) is 80.5 cm³/mol. The molecule has 0 atom stereocenters. The summed E-state index contributed by atoms with van der Waals surface area (Å²) in [6, 6.07) is 2.82. The van der Waals surface area contributed by atoms with Crippen LogP contribution < -0.4 is 0 Å². The Labute approximate surface area is 128 Å². The third kappa shape index (κ3) is 2.54. The van der Waals surface area contributed by atoms with Crippen LogP contribution in [-0.4, -0.2) is 9.55 Å². The summed E-state index contributed by atoms with van der Waals surface area (Å²) in [6.07, 6.45) is 5.38. The van der Waals surface area contributed by atoms with Crippen LogP contribution in [-0.2, 0) is 5.88 Å². The minimum Gasteiger partial charge on any atom is -0.321 e. The summed E-state index contributed by atoms with van der Waals surface area (Å²) in [6.45, 7) is 2.21. The van der Waals surface area contributed by atoms with Gasteiger partial charge in [0.25, 0.3) is 0 Å². The Morgan fingerprint density at radius 3 is 2.57 bits per heavy atom. The molecule has 1 heterocycles. The van der Waals surface area contributed by atoms with Crippen LogP contribution >= 0.6 is 11.6 Å². The molecule has 0 saturated heterocycles. The maximum atomic E-state index is 14.2. The van der Waals surface area contributed by atoms with Crippen LogP contribution in [0.1, 0.15) is 50.9 Å². The molecule has 1 saturated carbocycles. The zero-order valence-electron chi connectivity index (χ0n) is 12.1. The van der Waals surface area contributed by atoms with Gasteiger partial charge in [-0.25, -0.2) is 13.8 Å². The van der Waals surface area contributed by atoms with Gasteiger partial charge in [0.1, 0.15) is 11.3 Å². The summed E-state index contributed by atoms with van der Waals surface area (Å²) in [5.41, 5.74) is 0.757. The van der Waals surface area contributed by atoms with Gasteiger partial charge in [-0.3, -0.25) is 0 Å². The van der Waals surface area contributed by atoms with Crippen LogP contribution in [0.25, 0.3) is 11.0 Å². The predicted octanol–water partition coefficient (Wildman–Crippen LogP) is 5.19. The van der Waals surface area contributed by atoms with Gasteiger partial charge >= 0.3 is 0 Å². The summed E-state index contributed by atoms with van der Waals surface area (Å²) < 4.78 is 29.6. The third-order valence-electron chi connectivity index (χ3n) is 4.69. The van der Waals surface area contributed by atoms with Crippen molar-refractivity contribution >= 4 is 22.6 Å². The maximum Gasteiger partial charge on any atom is 0.184 e. The van der Waals surface area contributed by atoms with E-state index in [0.29, 0.717) is 11.3 Å². The van der Waals surface area contributed by atoms with E-state index in [9.17, 15) is 8.78 Å². The molecule has 0 unspecified atom stereocenters. The van der Waals surface area contributed by atoms with Crippen LogP contribution in [0.5, 0.6) is 0 Å². The second kappa shape index (κ2) is 5.91. The number of halogens is 3. The van der Waals surface area contributed by atoms with Crippen molar-refractivity contribution in [2.24, 2.45) is 5.92 Å². The second-order valence-electron chi connectivity index (χ2n) is 5.84. The normalized spacial score (nSPS) is 22.9. The van der Waals surface area contributed by atoms with Gasteiger partial charge in [0.05, 0.1) is 11.4 Å². The van der Waals surface area contributed by atoms with Crippen molar-refractivity contribution in [2.45, 2.75) is 50.9 Å². The van der Waals surface area contributed by atoms with E-state index < -0.39 is 11.6 Å². The molecule has 1 aliphatic rings. The van der Waals surface area contributed by atoms with Crippen molar-refractivity contribution in [2.75, 3.05) is 0 Å². The Kier molecular flexibility index (Phi) is 4.16. The molecule has 0 N–H and O–H groups in total. The number of alkyl halides is 1. The molecule has 1 aliphatic carbocycles. The van der Waals surface area contributed by atoms with Crippen LogP contribution in [0.2, 0.25) is 0 Å². The molecule has 1 aromatic carbocycles. The summed E-state index contributed by atoms with van der Waals surface area (Å²) in [5.74, 6) is -0.0436. The number of benzene rings is 1. The van der Waals surface area contributed by atoms with Crippen molar-refractivity contribution in [3.63, 3.8) is 0 Å². The fourth-order valence-electron chi connectivity index (χ4n) is 3.47. The first-order chi connectivity index (χ1) is 10.2. The van der Waals surface area contributed by atoms with Crippen molar-refractivity contribution in [3.05, 3.63) is 29.6 Å². The van der Waals surface area contributed by atoms with Gasteiger partial charge in [-0.15, -0.1) is 11.6 Å². The van der Waals surface area contributed by atoms with Crippen molar-refractivity contribution in [1.82, 2.24) is 9.55 Å². The maximum absolute atomic E-state index is 14.2. The standard InChI is InChI=1S/C16H19ClF2N2/c1-2-10-3-5-11(6-4-10)21-14(9-17)20-13-8-7-12(18)15(19)16(13)21/h7-8,10-11H,2-6,9H2,1H3. The molecule has 0 radical (unpaired) electrons. The molecule has 2 aromatic rings.